The first kappa shape index (κ1) is 21.7. The zero-order valence-corrected chi connectivity index (χ0v) is 17.6. The summed E-state index contributed by atoms with van der Waals surface area (Å²) < 4.78 is 39.1. The summed E-state index contributed by atoms with van der Waals surface area (Å²) in [4.78, 5) is 26.4. The molecule has 2 heterocycles. The van der Waals surface area contributed by atoms with Crippen molar-refractivity contribution in [2.75, 3.05) is 26.0 Å². The highest BCUT2D eigenvalue weighted by Crippen LogP contribution is 2.35. The summed E-state index contributed by atoms with van der Waals surface area (Å²) in [5, 5.41) is 2.96. The van der Waals surface area contributed by atoms with E-state index in [1.807, 2.05) is 0 Å². The molecule has 156 valence electrons. The van der Waals surface area contributed by atoms with Crippen LogP contribution in [0.15, 0.2) is 53.3 Å². The van der Waals surface area contributed by atoms with Crippen LogP contribution in [0.5, 0.6) is 0 Å². The molecular formula is C20H17BrF3N5O. The molecular weight excluding hydrogens is 463 g/mol. The largest absolute Gasteiger partial charge is 0.416 e. The van der Waals surface area contributed by atoms with Crippen molar-refractivity contribution in [1.29, 1.82) is 0 Å². The predicted molar refractivity (Wildman–Crippen MR) is 111 cm³/mol. The van der Waals surface area contributed by atoms with Crippen LogP contribution in [0.25, 0.3) is 22.6 Å². The third-order valence-corrected chi connectivity index (χ3v) is 4.91. The number of benzene rings is 1. The summed E-state index contributed by atoms with van der Waals surface area (Å²) in [7, 11) is 3.27. The zero-order chi connectivity index (χ0) is 21.9. The van der Waals surface area contributed by atoms with Gasteiger partial charge >= 0.3 is 6.18 Å². The minimum Gasteiger partial charge on any atom is -0.360 e. The van der Waals surface area contributed by atoms with Gasteiger partial charge in [0.2, 0.25) is 5.91 Å². The van der Waals surface area contributed by atoms with Gasteiger partial charge in [0.15, 0.2) is 5.82 Å². The number of aromatic nitrogens is 3. The number of pyridine rings is 1. The van der Waals surface area contributed by atoms with Crippen molar-refractivity contribution in [1.82, 2.24) is 19.9 Å². The van der Waals surface area contributed by atoms with Gasteiger partial charge in [-0.25, -0.2) is 9.97 Å². The van der Waals surface area contributed by atoms with E-state index in [0.29, 0.717) is 27.1 Å². The number of rotatable bonds is 5. The summed E-state index contributed by atoms with van der Waals surface area (Å²) in [5.41, 5.74) is 0.822. The Kier molecular flexibility index (Phi) is 6.35. The van der Waals surface area contributed by atoms with E-state index < -0.39 is 11.7 Å². The average Bonchev–Trinajstić information content (AvgIpc) is 2.72. The number of hydrogen-bond acceptors (Lipinski definition) is 5. The van der Waals surface area contributed by atoms with Crippen LogP contribution >= 0.6 is 15.9 Å². The van der Waals surface area contributed by atoms with Crippen molar-refractivity contribution in [3.63, 3.8) is 0 Å². The van der Waals surface area contributed by atoms with Crippen LogP contribution in [-0.4, -0.2) is 46.4 Å². The standard InChI is InChI=1S/C20H17BrF3N5O/c1-29(2)15(30)11-26-19-16(21)17(13-4-3-9-25-10-13)27-18(28-19)12-5-7-14(8-6-12)20(22,23)24/h3-10H,11H2,1-2H3,(H,26,27,28). The number of hydrogen-bond donors (Lipinski definition) is 1. The highest BCUT2D eigenvalue weighted by Gasteiger charge is 2.30. The Morgan fingerprint density at radius 3 is 2.37 bits per heavy atom. The summed E-state index contributed by atoms with van der Waals surface area (Å²) in [6, 6.07) is 8.12. The Balaban J connectivity index is 2.06. The number of carbonyl (C=O) groups is 1. The second-order valence-corrected chi connectivity index (χ2v) is 7.31. The third kappa shape index (κ3) is 4.93. The fourth-order valence-electron chi connectivity index (χ4n) is 2.51. The van der Waals surface area contributed by atoms with Crippen LogP contribution in [0.4, 0.5) is 19.0 Å². The van der Waals surface area contributed by atoms with E-state index in [4.69, 9.17) is 0 Å². The SMILES string of the molecule is CN(C)C(=O)CNc1nc(-c2ccc(C(F)(F)F)cc2)nc(-c2cccnc2)c1Br. The Morgan fingerprint density at radius 2 is 1.80 bits per heavy atom. The average molecular weight is 480 g/mol. The minimum absolute atomic E-state index is 0.0124. The van der Waals surface area contributed by atoms with E-state index in [0.717, 1.165) is 12.1 Å². The first-order valence-corrected chi connectivity index (χ1v) is 9.55. The molecule has 6 nitrogen and oxygen atoms in total. The van der Waals surface area contributed by atoms with Gasteiger partial charge in [-0.1, -0.05) is 12.1 Å². The van der Waals surface area contributed by atoms with Gasteiger partial charge in [0.05, 0.1) is 22.3 Å². The molecule has 0 unspecified atom stereocenters. The lowest BCUT2D eigenvalue weighted by atomic mass is 10.1. The fraction of sp³-hybridized carbons (Fsp3) is 0.200. The smallest absolute Gasteiger partial charge is 0.360 e. The Hall–Kier alpha value is -3.01. The van der Waals surface area contributed by atoms with Crippen LogP contribution in [0, 0.1) is 0 Å². The van der Waals surface area contributed by atoms with Crippen LogP contribution < -0.4 is 5.32 Å². The van der Waals surface area contributed by atoms with Crippen molar-refractivity contribution in [3.8, 4) is 22.6 Å². The number of anilines is 1. The second kappa shape index (κ2) is 8.78. The molecule has 3 aromatic rings. The lowest BCUT2D eigenvalue weighted by Crippen LogP contribution is -2.29. The van der Waals surface area contributed by atoms with E-state index in [1.54, 1.807) is 38.6 Å². The maximum atomic E-state index is 12.9. The van der Waals surface area contributed by atoms with Crippen LogP contribution in [0.2, 0.25) is 0 Å². The van der Waals surface area contributed by atoms with Crippen molar-refractivity contribution in [2.45, 2.75) is 6.18 Å². The number of alkyl halides is 3. The molecule has 0 aliphatic rings. The van der Waals surface area contributed by atoms with Gasteiger partial charge in [0.25, 0.3) is 0 Å². The van der Waals surface area contributed by atoms with Crippen LogP contribution in [0.1, 0.15) is 5.56 Å². The summed E-state index contributed by atoms with van der Waals surface area (Å²) in [6.07, 6.45) is -1.21. The molecule has 1 aromatic carbocycles. The minimum atomic E-state index is -4.43. The molecule has 3 rings (SSSR count). The normalized spacial score (nSPS) is 11.3. The summed E-state index contributed by atoms with van der Waals surface area (Å²) >= 11 is 3.46. The summed E-state index contributed by atoms with van der Waals surface area (Å²) in [5.74, 6) is 0.388. The van der Waals surface area contributed by atoms with Crippen molar-refractivity contribution >= 4 is 27.7 Å². The molecule has 1 N–H and O–H groups in total. The monoisotopic (exact) mass is 479 g/mol. The molecule has 0 aliphatic heterocycles. The van der Waals surface area contributed by atoms with Gasteiger partial charge in [0.1, 0.15) is 5.82 Å². The topological polar surface area (TPSA) is 71.0 Å². The van der Waals surface area contributed by atoms with E-state index in [9.17, 15) is 18.0 Å². The molecule has 0 radical (unpaired) electrons. The molecule has 2 aromatic heterocycles. The highest BCUT2D eigenvalue weighted by atomic mass is 79.9. The molecule has 0 spiro atoms. The van der Waals surface area contributed by atoms with Gasteiger partial charge in [-0.05, 0) is 40.2 Å². The summed E-state index contributed by atoms with van der Waals surface area (Å²) in [6.45, 7) is -0.0124. The van der Waals surface area contributed by atoms with Crippen molar-refractivity contribution in [2.24, 2.45) is 0 Å². The van der Waals surface area contributed by atoms with Gasteiger partial charge in [0, 0.05) is 37.6 Å². The molecule has 0 saturated heterocycles. The first-order chi connectivity index (χ1) is 14.2. The fourth-order valence-corrected chi connectivity index (χ4v) is 3.06. The highest BCUT2D eigenvalue weighted by molar-refractivity contribution is 9.10. The number of carbonyl (C=O) groups excluding carboxylic acids is 1. The third-order valence-electron chi connectivity index (χ3n) is 4.16. The van der Waals surface area contributed by atoms with Crippen LogP contribution in [-0.2, 0) is 11.0 Å². The van der Waals surface area contributed by atoms with Gasteiger partial charge in [-0.15, -0.1) is 0 Å². The van der Waals surface area contributed by atoms with E-state index in [2.05, 4.69) is 36.2 Å². The molecule has 0 saturated carbocycles. The maximum absolute atomic E-state index is 12.9. The molecule has 30 heavy (non-hydrogen) atoms. The predicted octanol–water partition coefficient (Wildman–Crippen LogP) is 4.49. The van der Waals surface area contributed by atoms with E-state index >= 15 is 0 Å². The van der Waals surface area contributed by atoms with Crippen LogP contribution in [0.3, 0.4) is 0 Å². The number of nitrogens with zero attached hydrogens (tertiary/aromatic N) is 4. The number of halogens is 4. The Morgan fingerprint density at radius 1 is 1.10 bits per heavy atom. The zero-order valence-electron chi connectivity index (χ0n) is 16.0. The van der Waals surface area contributed by atoms with Crippen molar-refractivity contribution < 1.29 is 18.0 Å². The lowest BCUT2D eigenvalue weighted by Gasteiger charge is -2.15. The van der Waals surface area contributed by atoms with Gasteiger partial charge < -0.3 is 10.2 Å². The molecule has 0 aliphatic carbocycles. The van der Waals surface area contributed by atoms with E-state index in [1.165, 1.54) is 17.0 Å². The van der Waals surface area contributed by atoms with E-state index in [-0.39, 0.29) is 18.3 Å². The molecule has 0 bridgehead atoms. The Bertz CT molecular complexity index is 1040. The Labute approximate surface area is 179 Å². The first-order valence-electron chi connectivity index (χ1n) is 8.76. The number of nitrogens with one attached hydrogen (secondary N) is 1. The molecule has 10 heteroatoms. The quantitative estimate of drug-likeness (QED) is 0.583. The number of amides is 1. The molecule has 1 amide bonds. The van der Waals surface area contributed by atoms with Gasteiger partial charge in [-0.3, -0.25) is 9.78 Å². The lowest BCUT2D eigenvalue weighted by molar-refractivity contribution is -0.137. The molecule has 0 fully saturated rings. The molecule has 0 atom stereocenters. The second-order valence-electron chi connectivity index (χ2n) is 6.52. The maximum Gasteiger partial charge on any atom is 0.416 e. The number of likely N-dealkylation sites (N-methyl/N-ethyl adjacent to an activating group) is 1. The van der Waals surface area contributed by atoms with Gasteiger partial charge in [-0.2, -0.15) is 13.2 Å². The van der Waals surface area contributed by atoms with Crippen molar-refractivity contribution in [3.05, 3.63) is 58.8 Å².